The van der Waals surface area contributed by atoms with E-state index in [0.29, 0.717) is 30.8 Å². The van der Waals surface area contributed by atoms with Crippen molar-refractivity contribution in [3.8, 4) is 5.75 Å². The number of methoxy groups -OCH3 is 1. The monoisotopic (exact) mass is 456 g/mol. The molecule has 2 fully saturated rings. The minimum Gasteiger partial charge on any atom is -0.497 e. The van der Waals surface area contributed by atoms with Gasteiger partial charge in [0.2, 0.25) is 15.9 Å². The highest BCUT2D eigenvalue weighted by Crippen LogP contribution is 2.36. The van der Waals surface area contributed by atoms with Crippen molar-refractivity contribution in [2.45, 2.75) is 50.5 Å². The van der Waals surface area contributed by atoms with Crippen molar-refractivity contribution in [3.05, 3.63) is 59.2 Å². The van der Waals surface area contributed by atoms with Crippen LogP contribution in [0.4, 0.5) is 0 Å². The Morgan fingerprint density at radius 2 is 1.66 bits per heavy atom. The summed E-state index contributed by atoms with van der Waals surface area (Å²) in [4.78, 5) is 15.7. The van der Waals surface area contributed by atoms with Gasteiger partial charge in [-0.05, 0) is 68.9 Å². The summed E-state index contributed by atoms with van der Waals surface area (Å²) in [5.41, 5.74) is 2.94. The third-order valence-electron chi connectivity index (χ3n) is 6.79. The first-order valence-corrected chi connectivity index (χ1v) is 12.8. The van der Waals surface area contributed by atoms with Crippen molar-refractivity contribution in [2.24, 2.45) is 5.92 Å². The summed E-state index contributed by atoms with van der Waals surface area (Å²) in [7, 11) is -1.90. The maximum absolute atomic E-state index is 13.4. The van der Waals surface area contributed by atoms with E-state index in [1.165, 1.54) is 0 Å². The number of carbonyl (C=O) groups excluding carboxylic acids is 1. The number of ether oxygens (including phenoxy) is 1. The predicted octanol–water partition coefficient (Wildman–Crippen LogP) is 4.08. The van der Waals surface area contributed by atoms with Crippen molar-refractivity contribution < 1.29 is 17.9 Å². The number of piperidine rings is 1. The third kappa shape index (κ3) is 4.41. The van der Waals surface area contributed by atoms with Gasteiger partial charge < -0.3 is 9.64 Å². The predicted molar refractivity (Wildman–Crippen MR) is 124 cm³/mol. The Hall–Kier alpha value is -2.38. The highest BCUT2D eigenvalue weighted by atomic mass is 32.2. The minimum atomic E-state index is -3.54. The Balaban J connectivity index is 1.42. The van der Waals surface area contributed by atoms with Crippen LogP contribution in [0.3, 0.4) is 0 Å². The molecule has 0 aliphatic carbocycles. The van der Waals surface area contributed by atoms with E-state index in [1.807, 2.05) is 55.1 Å². The van der Waals surface area contributed by atoms with Crippen LogP contribution in [0.5, 0.6) is 5.75 Å². The number of benzene rings is 2. The largest absolute Gasteiger partial charge is 0.497 e. The molecule has 0 unspecified atom stereocenters. The topological polar surface area (TPSA) is 66.9 Å². The van der Waals surface area contributed by atoms with Gasteiger partial charge in [-0.3, -0.25) is 4.79 Å². The van der Waals surface area contributed by atoms with Gasteiger partial charge in [0.15, 0.2) is 0 Å². The maximum Gasteiger partial charge on any atom is 0.243 e. The first-order valence-electron chi connectivity index (χ1n) is 11.3. The van der Waals surface area contributed by atoms with Crippen LogP contribution in [0.25, 0.3) is 0 Å². The summed E-state index contributed by atoms with van der Waals surface area (Å²) in [5.74, 6) is 0.841. The van der Waals surface area contributed by atoms with E-state index in [0.717, 1.165) is 41.8 Å². The lowest BCUT2D eigenvalue weighted by Gasteiger charge is -2.34. The molecule has 2 aliphatic rings. The number of likely N-dealkylation sites (tertiary alicyclic amines) is 1. The van der Waals surface area contributed by atoms with Gasteiger partial charge in [0.25, 0.3) is 0 Å². The van der Waals surface area contributed by atoms with Crippen LogP contribution in [0.15, 0.2) is 47.4 Å². The second-order valence-electron chi connectivity index (χ2n) is 8.91. The number of hydrogen-bond donors (Lipinski definition) is 0. The lowest BCUT2D eigenvalue weighted by atomic mass is 9.95. The standard InChI is InChI=1S/C25H32N2O4S/c1-18-6-11-24(19(2)17-18)32(29,30)26-15-12-21(13-16-26)25(28)27-14-4-5-23(27)20-7-9-22(31-3)10-8-20/h6-11,17,21,23H,4-5,12-16H2,1-3H3/t23-/m1/s1. The molecule has 7 heteroatoms. The van der Waals surface area contributed by atoms with Crippen LogP contribution < -0.4 is 4.74 Å². The molecule has 0 N–H and O–H groups in total. The Morgan fingerprint density at radius 3 is 2.28 bits per heavy atom. The van der Waals surface area contributed by atoms with Gasteiger partial charge in [0.05, 0.1) is 18.0 Å². The first-order chi connectivity index (χ1) is 15.3. The summed E-state index contributed by atoms with van der Waals surface area (Å²) in [6.45, 7) is 5.32. The van der Waals surface area contributed by atoms with E-state index < -0.39 is 10.0 Å². The summed E-state index contributed by atoms with van der Waals surface area (Å²) in [6, 6.07) is 13.5. The van der Waals surface area contributed by atoms with Crippen molar-refractivity contribution in [1.82, 2.24) is 9.21 Å². The van der Waals surface area contributed by atoms with Crippen LogP contribution in [0.1, 0.15) is 48.4 Å². The number of sulfonamides is 1. The molecule has 1 atom stereocenters. The molecule has 0 bridgehead atoms. The molecule has 0 spiro atoms. The Kier molecular flexibility index (Phi) is 6.58. The summed E-state index contributed by atoms with van der Waals surface area (Å²) < 4.78 is 33.1. The van der Waals surface area contributed by atoms with Gasteiger partial charge in [-0.15, -0.1) is 0 Å². The fourth-order valence-corrected chi connectivity index (χ4v) is 6.68. The maximum atomic E-state index is 13.4. The quantitative estimate of drug-likeness (QED) is 0.680. The zero-order valence-corrected chi connectivity index (χ0v) is 19.9. The van der Waals surface area contributed by atoms with Gasteiger partial charge in [-0.2, -0.15) is 4.31 Å². The van der Waals surface area contributed by atoms with E-state index in [4.69, 9.17) is 4.74 Å². The Morgan fingerprint density at radius 1 is 0.969 bits per heavy atom. The molecule has 2 saturated heterocycles. The van der Waals surface area contributed by atoms with Crippen LogP contribution in [0, 0.1) is 19.8 Å². The van der Waals surface area contributed by atoms with Crippen molar-refractivity contribution >= 4 is 15.9 Å². The van der Waals surface area contributed by atoms with Gasteiger partial charge in [-0.25, -0.2) is 8.42 Å². The summed E-state index contributed by atoms with van der Waals surface area (Å²) in [5, 5.41) is 0. The second-order valence-corrected chi connectivity index (χ2v) is 10.8. The molecule has 6 nitrogen and oxygen atoms in total. The average molecular weight is 457 g/mol. The van der Waals surface area contributed by atoms with Crippen LogP contribution >= 0.6 is 0 Å². The van der Waals surface area contributed by atoms with E-state index in [-0.39, 0.29) is 17.9 Å². The molecule has 1 amide bonds. The van der Waals surface area contributed by atoms with E-state index in [9.17, 15) is 13.2 Å². The van der Waals surface area contributed by atoms with Crippen molar-refractivity contribution in [1.29, 1.82) is 0 Å². The van der Waals surface area contributed by atoms with Crippen LogP contribution in [-0.2, 0) is 14.8 Å². The number of aryl methyl sites for hydroxylation is 2. The molecule has 2 aromatic rings. The van der Waals surface area contributed by atoms with Crippen molar-refractivity contribution in [3.63, 3.8) is 0 Å². The highest BCUT2D eigenvalue weighted by Gasteiger charge is 2.38. The Bertz CT molecular complexity index is 1070. The lowest BCUT2D eigenvalue weighted by Crippen LogP contribution is -2.44. The van der Waals surface area contributed by atoms with Gasteiger partial charge >= 0.3 is 0 Å². The van der Waals surface area contributed by atoms with Crippen LogP contribution in [-0.4, -0.2) is 50.3 Å². The molecule has 4 rings (SSSR count). The smallest absolute Gasteiger partial charge is 0.243 e. The van der Waals surface area contributed by atoms with Gasteiger partial charge in [0.1, 0.15) is 5.75 Å². The molecule has 0 aromatic heterocycles. The second kappa shape index (κ2) is 9.24. The van der Waals surface area contributed by atoms with Gasteiger partial charge in [0, 0.05) is 25.6 Å². The number of nitrogens with zero attached hydrogens (tertiary/aromatic N) is 2. The number of carbonyl (C=O) groups is 1. The first kappa shape index (κ1) is 22.8. The van der Waals surface area contributed by atoms with Crippen LogP contribution in [0.2, 0.25) is 0 Å². The average Bonchev–Trinajstić information content (AvgIpc) is 3.28. The fourth-order valence-electron chi connectivity index (χ4n) is 5.01. The SMILES string of the molecule is COc1ccc([C@H]2CCCN2C(=O)C2CCN(S(=O)(=O)c3ccc(C)cc3C)CC2)cc1. The van der Waals surface area contributed by atoms with E-state index in [2.05, 4.69) is 0 Å². The molecular weight excluding hydrogens is 424 g/mol. The molecule has 2 aromatic carbocycles. The minimum absolute atomic E-state index is 0.0883. The molecular formula is C25H32N2O4S. The molecule has 32 heavy (non-hydrogen) atoms. The van der Waals surface area contributed by atoms with E-state index in [1.54, 1.807) is 17.5 Å². The fraction of sp³-hybridized carbons (Fsp3) is 0.480. The molecule has 172 valence electrons. The molecule has 0 radical (unpaired) electrons. The van der Waals surface area contributed by atoms with Gasteiger partial charge in [-0.1, -0.05) is 29.8 Å². The third-order valence-corrected chi connectivity index (χ3v) is 8.85. The normalized spacial score (nSPS) is 20.5. The highest BCUT2D eigenvalue weighted by molar-refractivity contribution is 7.89. The molecule has 0 saturated carbocycles. The summed E-state index contributed by atoms with van der Waals surface area (Å²) in [6.07, 6.45) is 3.07. The zero-order chi connectivity index (χ0) is 22.9. The summed E-state index contributed by atoms with van der Waals surface area (Å²) >= 11 is 0. The Labute approximate surface area is 191 Å². The molecule has 2 aliphatic heterocycles. The number of hydrogen-bond acceptors (Lipinski definition) is 4. The van der Waals surface area contributed by atoms with E-state index >= 15 is 0 Å². The molecule has 2 heterocycles. The lowest BCUT2D eigenvalue weighted by molar-refractivity contribution is -0.137. The number of amides is 1. The zero-order valence-electron chi connectivity index (χ0n) is 19.1. The number of rotatable bonds is 5. The van der Waals surface area contributed by atoms with Crippen molar-refractivity contribution in [2.75, 3.05) is 26.7 Å².